The molecule has 1 N–H and O–H groups in total. The van der Waals surface area contributed by atoms with Gasteiger partial charge in [-0.15, -0.1) is 0 Å². The third-order valence-electron chi connectivity index (χ3n) is 5.24. The van der Waals surface area contributed by atoms with Gasteiger partial charge in [0.1, 0.15) is 5.41 Å². The molecule has 0 spiro atoms. The zero-order valence-electron chi connectivity index (χ0n) is 14.7. The second kappa shape index (κ2) is 6.06. The molecule has 1 aromatic carbocycles. The van der Waals surface area contributed by atoms with Crippen molar-refractivity contribution in [3.8, 4) is 0 Å². The van der Waals surface area contributed by atoms with E-state index in [0.717, 1.165) is 5.56 Å². The van der Waals surface area contributed by atoms with E-state index in [4.69, 9.17) is 0 Å². The number of carboxylic acids is 1. The SMILES string of the molecule is Cc1cccc(C(=O)N2CC3CN(C(=O)N(C)C)C[C@@]3(C(=O)O)C2)c1. The number of hydrogen-bond acceptors (Lipinski definition) is 3. The van der Waals surface area contributed by atoms with Crippen LogP contribution in [-0.2, 0) is 4.79 Å². The van der Waals surface area contributed by atoms with E-state index in [-0.39, 0.29) is 30.9 Å². The third kappa shape index (κ3) is 2.83. The number of aliphatic carboxylic acids is 1. The predicted molar refractivity (Wildman–Crippen MR) is 91.3 cm³/mol. The summed E-state index contributed by atoms with van der Waals surface area (Å²) in [4.78, 5) is 41.6. The van der Waals surface area contributed by atoms with Crippen molar-refractivity contribution >= 4 is 17.9 Å². The quantitative estimate of drug-likeness (QED) is 0.871. The highest BCUT2D eigenvalue weighted by Gasteiger charge is 2.59. The molecule has 7 heteroatoms. The van der Waals surface area contributed by atoms with Crippen LogP contribution in [0.25, 0.3) is 0 Å². The van der Waals surface area contributed by atoms with Gasteiger partial charge in [0.2, 0.25) is 0 Å². The maximum Gasteiger partial charge on any atom is 0.319 e. The van der Waals surface area contributed by atoms with Crippen LogP contribution >= 0.6 is 0 Å². The van der Waals surface area contributed by atoms with Crippen LogP contribution in [0.3, 0.4) is 0 Å². The van der Waals surface area contributed by atoms with Gasteiger partial charge < -0.3 is 19.8 Å². The molecule has 3 rings (SSSR count). The maximum absolute atomic E-state index is 12.8. The fourth-order valence-corrected chi connectivity index (χ4v) is 3.91. The Hall–Kier alpha value is -2.57. The van der Waals surface area contributed by atoms with Crippen molar-refractivity contribution in [2.24, 2.45) is 11.3 Å². The zero-order chi connectivity index (χ0) is 18.4. The van der Waals surface area contributed by atoms with Crippen molar-refractivity contribution in [2.45, 2.75) is 6.92 Å². The Labute approximate surface area is 146 Å². The molecule has 25 heavy (non-hydrogen) atoms. The number of likely N-dealkylation sites (tertiary alicyclic amines) is 2. The molecule has 2 atom stereocenters. The minimum Gasteiger partial charge on any atom is -0.481 e. The molecule has 2 aliphatic heterocycles. The van der Waals surface area contributed by atoms with Crippen LogP contribution in [0.2, 0.25) is 0 Å². The average Bonchev–Trinajstić information content (AvgIpc) is 3.08. The number of benzene rings is 1. The summed E-state index contributed by atoms with van der Waals surface area (Å²) in [6.45, 7) is 2.91. The number of carboxylic acid groups (broad SMARTS) is 1. The third-order valence-corrected chi connectivity index (χ3v) is 5.24. The number of amides is 3. The van der Waals surface area contributed by atoms with Gasteiger partial charge in [0, 0.05) is 51.8 Å². The lowest BCUT2D eigenvalue weighted by atomic mass is 9.81. The first-order valence-electron chi connectivity index (χ1n) is 8.30. The number of urea groups is 1. The largest absolute Gasteiger partial charge is 0.481 e. The zero-order valence-corrected chi connectivity index (χ0v) is 14.7. The summed E-state index contributed by atoms with van der Waals surface area (Å²) >= 11 is 0. The summed E-state index contributed by atoms with van der Waals surface area (Å²) in [5, 5.41) is 9.84. The van der Waals surface area contributed by atoms with Gasteiger partial charge in [-0.3, -0.25) is 9.59 Å². The molecule has 2 heterocycles. The Bertz CT molecular complexity index is 733. The number of carbonyl (C=O) groups is 3. The molecular weight excluding hydrogens is 322 g/mol. The van der Waals surface area contributed by atoms with Crippen LogP contribution in [-0.4, -0.2) is 78.0 Å². The molecule has 2 aliphatic rings. The van der Waals surface area contributed by atoms with E-state index in [1.165, 1.54) is 4.90 Å². The van der Waals surface area contributed by atoms with Crippen molar-refractivity contribution < 1.29 is 19.5 Å². The summed E-state index contributed by atoms with van der Waals surface area (Å²) in [5.41, 5.74) is 0.480. The highest BCUT2D eigenvalue weighted by molar-refractivity contribution is 5.95. The van der Waals surface area contributed by atoms with Gasteiger partial charge in [-0.25, -0.2) is 4.79 Å². The molecule has 2 saturated heterocycles. The van der Waals surface area contributed by atoms with Crippen LogP contribution in [0.5, 0.6) is 0 Å². The van der Waals surface area contributed by atoms with Crippen molar-refractivity contribution in [1.29, 1.82) is 0 Å². The lowest BCUT2D eigenvalue weighted by Gasteiger charge is -2.27. The molecule has 1 aromatic rings. The summed E-state index contributed by atoms with van der Waals surface area (Å²) in [6, 6.07) is 7.11. The first-order chi connectivity index (χ1) is 11.7. The molecule has 0 aromatic heterocycles. The second-order valence-corrected chi connectivity index (χ2v) is 7.27. The minimum absolute atomic E-state index is 0.136. The number of hydrogen-bond donors (Lipinski definition) is 1. The summed E-state index contributed by atoms with van der Waals surface area (Å²) in [5.74, 6) is -1.34. The van der Waals surface area contributed by atoms with Gasteiger partial charge in [-0.2, -0.15) is 0 Å². The fourth-order valence-electron chi connectivity index (χ4n) is 3.91. The van der Waals surface area contributed by atoms with Crippen LogP contribution in [0, 0.1) is 18.3 Å². The van der Waals surface area contributed by atoms with Gasteiger partial charge in [-0.1, -0.05) is 17.7 Å². The van der Waals surface area contributed by atoms with Gasteiger partial charge in [0.15, 0.2) is 0 Å². The first-order valence-corrected chi connectivity index (χ1v) is 8.30. The highest BCUT2D eigenvalue weighted by atomic mass is 16.4. The summed E-state index contributed by atoms with van der Waals surface area (Å²) in [7, 11) is 3.30. The Morgan fingerprint density at radius 1 is 1.16 bits per heavy atom. The van der Waals surface area contributed by atoms with Crippen LogP contribution in [0.4, 0.5) is 4.79 Å². The molecule has 7 nitrogen and oxygen atoms in total. The number of rotatable bonds is 2. The molecular formula is C18H23N3O4. The highest BCUT2D eigenvalue weighted by Crippen LogP contribution is 2.43. The molecule has 0 bridgehead atoms. The van der Waals surface area contributed by atoms with Gasteiger partial charge >= 0.3 is 12.0 Å². The van der Waals surface area contributed by atoms with Gasteiger partial charge in [0.25, 0.3) is 5.91 Å². The minimum atomic E-state index is -1.08. The lowest BCUT2D eigenvalue weighted by molar-refractivity contribution is -0.148. The standard InChI is InChI=1S/C18H23N3O4/c1-12-5-4-6-13(7-12)15(22)20-8-14-9-21(17(25)19(2)3)11-18(14,10-20)16(23)24/h4-7,14H,8-11H2,1-3H3,(H,23,24)/t14?,18-/m0/s1. The van der Waals surface area contributed by atoms with E-state index in [1.807, 2.05) is 25.1 Å². The molecule has 0 aliphatic carbocycles. The predicted octanol–water partition coefficient (Wildman–Crippen LogP) is 1.14. The normalized spacial score (nSPS) is 25.0. The van der Waals surface area contributed by atoms with Gasteiger partial charge in [0.05, 0.1) is 0 Å². The fraction of sp³-hybridized carbons (Fsp3) is 0.500. The molecule has 1 unspecified atom stereocenters. The lowest BCUT2D eigenvalue weighted by Crippen LogP contribution is -2.45. The topological polar surface area (TPSA) is 81.2 Å². The van der Waals surface area contributed by atoms with Crippen molar-refractivity contribution in [1.82, 2.24) is 14.7 Å². The van der Waals surface area contributed by atoms with E-state index >= 15 is 0 Å². The maximum atomic E-state index is 12.8. The molecule has 2 fully saturated rings. The number of aryl methyl sites for hydroxylation is 1. The second-order valence-electron chi connectivity index (χ2n) is 7.27. The number of carbonyl (C=O) groups excluding carboxylic acids is 2. The Morgan fingerprint density at radius 2 is 1.80 bits per heavy atom. The number of nitrogens with zero attached hydrogens (tertiary/aromatic N) is 3. The van der Waals surface area contributed by atoms with E-state index in [2.05, 4.69) is 0 Å². The van der Waals surface area contributed by atoms with Gasteiger partial charge in [-0.05, 0) is 19.1 Å². The van der Waals surface area contributed by atoms with E-state index in [1.54, 1.807) is 30.0 Å². The average molecular weight is 345 g/mol. The smallest absolute Gasteiger partial charge is 0.319 e. The van der Waals surface area contributed by atoms with Crippen LogP contribution in [0.1, 0.15) is 15.9 Å². The molecule has 0 saturated carbocycles. The molecule has 3 amide bonds. The van der Waals surface area contributed by atoms with Crippen LogP contribution in [0.15, 0.2) is 24.3 Å². The molecule has 0 radical (unpaired) electrons. The molecule has 134 valence electrons. The number of fused-ring (bicyclic) bond motifs is 1. The summed E-state index contributed by atoms with van der Waals surface area (Å²) in [6.07, 6.45) is 0. The Kier molecular flexibility index (Phi) is 4.18. The first kappa shape index (κ1) is 17.3. The van der Waals surface area contributed by atoms with Crippen LogP contribution < -0.4 is 0 Å². The summed E-state index contributed by atoms with van der Waals surface area (Å²) < 4.78 is 0. The Balaban J connectivity index is 1.81. The Morgan fingerprint density at radius 3 is 2.36 bits per heavy atom. The van der Waals surface area contributed by atoms with Crippen molar-refractivity contribution in [3.63, 3.8) is 0 Å². The van der Waals surface area contributed by atoms with E-state index in [9.17, 15) is 19.5 Å². The van der Waals surface area contributed by atoms with Crippen molar-refractivity contribution in [2.75, 3.05) is 40.3 Å². The van der Waals surface area contributed by atoms with E-state index in [0.29, 0.717) is 18.7 Å². The monoisotopic (exact) mass is 345 g/mol. The van der Waals surface area contributed by atoms with Crippen molar-refractivity contribution in [3.05, 3.63) is 35.4 Å². The van der Waals surface area contributed by atoms with E-state index < -0.39 is 11.4 Å².